The number of rotatable bonds is 4. The van der Waals surface area contributed by atoms with Crippen molar-refractivity contribution >= 4 is 5.91 Å². The zero-order valence-corrected chi connectivity index (χ0v) is 9.86. The largest absolute Gasteiger partial charge is 0.381 e. The Labute approximate surface area is 91.5 Å². The molecule has 1 aliphatic rings. The molecule has 0 atom stereocenters. The summed E-state index contributed by atoms with van der Waals surface area (Å²) in [6, 6.07) is 0.360. The number of likely N-dealkylation sites (N-methyl/N-ethyl adjacent to an activating group) is 1. The van der Waals surface area contributed by atoms with E-state index in [9.17, 15) is 4.79 Å². The molecule has 0 spiro atoms. The maximum Gasteiger partial charge on any atom is 0.248 e. The van der Waals surface area contributed by atoms with Crippen molar-refractivity contribution in [1.82, 2.24) is 4.90 Å². The molecular weight excluding hydrogens is 194 g/mol. The number of carbonyl (C=O) groups is 1. The molecule has 0 saturated heterocycles. The molecular formula is C11H21NO3. The van der Waals surface area contributed by atoms with E-state index < -0.39 is 0 Å². The van der Waals surface area contributed by atoms with Crippen LogP contribution in [0.5, 0.6) is 0 Å². The fourth-order valence-electron chi connectivity index (χ4n) is 2.10. The van der Waals surface area contributed by atoms with Crippen LogP contribution in [-0.2, 0) is 14.3 Å². The first kappa shape index (κ1) is 12.5. The molecule has 1 fully saturated rings. The van der Waals surface area contributed by atoms with Crippen molar-refractivity contribution in [1.29, 1.82) is 0 Å². The van der Waals surface area contributed by atoms with Gasteiger partial charge in [-0.25, -0.2) is 0 Å². The number of hydrogen-bond donors (Lipinski definition) is 0. The summed E-state index contributed by atoms with van der Waals surface area (Å²) in [6.45, 7) is 0.181. The Morgan fingerprint density at radius 1 is 1.27 bits per heavy atom. The van der Waals surface area contributed by atoms with E-state index in [2.05, 4.69) is 0 Å². The van der Waals surface area contributed by atoms with Crippen LogP contribution in [0.15, 0.2) is 0 Å². The van der Waals surface area contributed by atoms with Crippen LogP contribution in [0.3, 0.4) is 0 Å². The standard InChI is InChI=1S/C11H21NO3/c1-12(11(13)8-14-2)9-4-6-10(15-3)7-5-9/h9-10H,4-8H2,1-3H3/t9-,10+. The fraction of sp³-hybridized carbons (Fsp3) is 0.909. The molecule has 0 bridgehead atoms. The van der Waals surface area contributed by atoms with Gasteiger partial charge in [0.25, 0.3) is 0 Å². The van der Waals surface area contributed by atoms with Crippen LogP contribution in [-0.4, -0.2) is 50.8 Å². The number of carbonyl (C=O) groups excluding carboxylic acids is 1. The molecule has 0 unspecified atom stereocenters. The Balaban J connectivity index is 2.35. The molecule has 1 aliphatic carbocycles. The molecule has 0 aliphatic heterocycles. The maximum atomic E-state index is 11.6. The van der Waals surface area contributed by atoms with E-state index in [0.29, 0.717) is 12.1 Å². The Kier molecular flexibility index (Phi) is 5.05. The quantitative estimate of drug-likeness (QED) is 0.703. The summed E-state index contributed by atoms with van der Waals surface area (Å²) < 4.78 is 10.1. The first-order chi connectivity index (χ1) is 7.19. The predicted molar refractivity (Wildman–Crippen MR) is 57.7 cm³/mol. The highest BCUT2D eigenvalue weighted by Crippen LogP contribution is 2.23. The van der Waals surface area contributed by atoms with Crippen molar-refractivity contribution < 1.29 is 14.3 Å². The van der Waals surface area contributed by atoms with Crippen molar-refractivity contribution in [2.45, 2.75) is 37.8 Å². The van der Waals surface area contributed by atoms with Crippen molar-refractivity contribution in [2.24, 2.45) is 0 Å². The van der Waals surface area contributed by atoms with Gasteiger partial charge in [0.05, 0.1) is 6.10 Å². The third-order valence-corrected chi connectivity index (χ3v) is 3.19. The molecule has 0 aromatic heterocycles. The monoisotopic (exact) mass is 215 g/mol. The normalized spacial score (nSPS) is 26.3. The third-order valence-electron chi connectivity index (χ3n) is 3.19. The van der Waals surface area contributed by atoms with Gasteiger partial charge >= 0.3 is 0 Å². The average molecular weight is 215 g/mol. The molecule has 0 N–H and O–H groups in total. The van der Waals surface area contributed by atoms with Gasteiger partial charge in [0.1, 0.15) is 6.61 Å². The number of ether oxygens (including phenoxy) is 2. The van der Waals surface area contributed by atoms with Crippen LogP contribution < -0.4 is 0 Å². The lowest BCUT2D eigenvalue weighted by atomic mass is 9.92. The number of methoxy groups -OCH3 is 2. The lowest BCUT2D eigenvalue weighted by Gasteiger charge is -2.34. The molecule has 0 radical (unpaired) electrons. The van der Waals surface area contributed by atoms with Crippen molar-refractivity contribution in [3.63, 3.8) is 0 Å². The predicted octanol–water partition coefficient (Wildman–Crippen LogP) is 1.05. The molecule has 88 valence electrons. The highest BCUT2D eigenvalue weighted by Gasteiger charge is 2.26. The highest BCUT2D eigenvalue weighted by molar-refractivity contribution is 5.77. The second-order valence-corrected chi connectivity index (χ2v) is 4.10. The van der Waals surface area contributed by atoms with E-state index >= 15 is 0 Å². The number of amides is 1. The molecule has 0 aromatic carbocycles. The minimum absolute atomic E-state index is 0.0679. The summed E-state index contributed by atoms with van der Waals surface area (Å²) in [5.74, 6) is 0.0679. The van der Waals surface area contributed by atoms with Crippen LogP contribution >= 0.6 is 0 Å². The summed E-state index contributed by atoms with van der Waals surface area (Å²) in [5.41, 5.74) is 0. The Morgan fingerprint density at radius 2 is 1.87 bits per heavy atom. The van der Waals surface area contributed by atoms with E-state index in [-0.39, 0.29) is 12.5 Å². The van der Waals surface area contributed by atoms with Gasteiger partial charge in [-0.15, -0.1) is 0 Å². The highest BCUT2D eigenvalue weighted by atomic mass is 16.5. The summed E-state index contributed by atoms with van der Waals surface area (Å²) >= 11 is 0. The summed E-state index contributed by atoms with van der Waals surface area (Å²) in [7, 11) is 5.16. The van der Waals surface area contributed by atoms with Crippen molar-refractivity contribution in [2.75, 3.05) is 27.9 Å². The molecule has 4 nitrogen and oxygen atoms in total. The summed E-state index contributed by atoms with van der Waals surface area (Å²) in [5, 5.41) is 0. The van der Waals surface area contributed by atoms with E-state index in [1.165, 1.54) is 0 Å². The van der Waals surface area contributed by atoms with Gasteiger partial charge < -0.3 is 14.4 Å². The zero-order valence-electron chi connectivity index (χ0n) is 9.86. The van der Waals surface area contributed by atoms with E-state index in [1.807, 2.05) is 11.9 Å². The van der Waals surface area contributed by atoms with Gasteiger partial charge in [-0.1, -0.05) is 0 Å². The van der Waals surface area contributed by atoms with Gasteiger partial charge in [-0.3, -0.25) is 4.79 Å². The Morgan fingerprint density at radius 3 is 2.33 bits per heavy atom. The SMILES string of the molecule is COCC(=O)N(C)[C@H]1CC[C@@H](OC)CC1. The number of nitrogens with zero attached hydrogens (tertiary/aromatic N) is 1. The van der Waals surface area contributed by atoms with Crippen LogP contribution in [0.25, 0.3) is 0 Å². The smallest absolute Gasteiger partial charge is 0.248 e. The zero-order chi connectivity index (χ0) is 11.3. The van der Waals surface area contributed by atoms with Crippen LogP contribution in [0, 0.1) is 0 Å². The van der Waals surface area contributed by atoms with Gasteiger partial charge in [0, 0.05) is 27.3 Å². The van der Waals surface area contributed by atoms with E-state index in [4.69, 9.17) is 9.47 Å². The van der Waals surface area contributed by atoms with Crippen LogP contribution in [0.1, 0.15) is 25.7 Å². The molecule has 1 amide bonds. The molecule has 0 heterocycles. The van der Waals surface area contributed by atoms with Gasteiger partial charge in [-0.05, 0) is 25.7 Å². The second kappa shape index (κ2) is 6.08. The molecule has 1 saturated carbocycles. The Bertz CT molecular complexity index is 200. The lowest BCUT2D eigenvalue weighted by Crippen LogP contribution is -2.42. The fourth-order valence-corrected chi connectivity index (χ4v) is 2.10. The van der Waals surface area contributed by atoms with Crippen molar-refractivity contribution in [3.8, 4) is 0 Å². The van der Waals surface area contributed by atoms with Crippen LogP contribution in [0.2, 0.25) is 0 Å². The molecule has 4 heteroatoms. The second-order valence-electron chi connectivity index (χ2n) is 4.10. The minimum Gasteiger partial charge on any atom is -0.381 e. The molecule has 0 aromatic rings. The van der Waals surface area contributed by atoms with Gasteiger partial charge in [0.2, 0.25) is 5.91 Å². The van der Waals surface area contributed by atoms with Crippen molar-refractivity contribution in [3.05, 3.63) is 0 Å². The molecule has 1 rings (SSSR count). The van der Waals surface area contributed by atoms with Gasteiger partial charge in [-0.2, -0.15) is 0 Å². The van der Waals surface area contributed by atoms with Gasteiger partial charge in [0.15, 0.2) is 0 Å². The minimum atomic E-state index is 0.0679. The summed E-state index contributed by atoms with van der Waals surface area (Å²) in [6.07, 6.45) is 4.54. The lowest BCUT2D eigenvalue weighted by molar-refractivity contribution is -0.137. The first-order valence-corrected chi connectivity index (χ1v) is 5.46. The summed E-state index contributed by atoms with van der Waals surface area (Å²) in [4.78, 5) is 13.4. The first-order valence-electron chi connectivity index (χ1n) is 5.46. The Hall–Kier alpha value is -0.610. The number of hydrogen-bond acceptors (Lipinski definition) is 3. The van der Waals surface area contributed by atoms with E-state index in [0.717, 1.165) is 25.7 Å². The van der Waals surface area contributed by atoms with E-state index in [1.54, 1.807) is 14.2 Å². The maximum absolute atomic E-state index is 11.6. The average Bonchev–Trinajstić information content (AvgIpc) is 2.28. The topological polar surface area (TPSA) is 38.8 Å². The molecule has 15 heavy (non-hydrogen) atoms. The van der Waals surface area contributed by atoms with Crippen LogP contribution in [0.4, 0.5) is 0 Å². The third kappa shape index (κ3) is 3.47.